The monoisotopic (exact) mass is 424 g/mol. The van der Waals surface area contributed by atoms with Crippen LogP contribution in [0.5, 0.6) is 0 Å². The topological polar surface area (TPSA) is 73.0 Å². The van der Waals surface area contributed by atoms with E-state index in [1.807, 2.05) is 6.07 Å². The number of hydrogen-bond donors (Lipinski definition) is 1. The van der Waals surface area contributed by atoms with Gasteiger partial charge < -0.3 is 9.80 Å². The fourth-order valence-electron chi connectivity index (χ4n) is 6.02. The highest BCUT2D eigenvalue weighted by atomic mass is 16.2. The Bertz CT molecular complexity index is 895. The summed E-state index contributed by atoms with van der Waals surface area (Å²) in [6.07, 6.45) is 8.39. The number of nitrogens with zero attached hydrogens (tertiary/aromatic N) is 3. The highest BCUT2D eigenvalue weighted by Crippen LogP contribution is 2.35. The van der Waals surface area contributed by atoms with Crippen molar-refractivity contribution in [3.63, 3.8) is 0 Å². The zero-order chi connectivity index (χ0) is 21.5. The number of anilines is 1. The Morgan fingerprint density at radius 2 is 1.81 bits per heavy atom. The van der Waals surface area contributed by atoms with Crippen molar-refractivity contribution >= 4 is 23.4 Å². The van der Waals surface area contributed by atoms with E-state index in [0.29, 0.717) is 30.6 Å². The van der Waals surface area contributed by atoms with Crippen LogP contribution in [0.1, 0.15) is 67.3 Å². The van der Waals surface area contributed by atoms with Crippen LogP contribution in [0, 0.1) is 0 Å². The predicted molar refractivity (Wildman–Crippen MR) is 118 cm³/mol. The van der Waals surface area contributed by atoms with E-state index in [9.17, 15) is 14.4 Å². The molecule has 166 valence electrons. The van der Waals surface area contributed by atoms with Crippen molar-refractivity contribution in [3.8, 4) is 0 Å². The summed E-state index contributed by atoms with van der Waals surface area (Å²) >= 11 is 0. The Labute approximate surface area is 183 Å². The number of likely N-dealkylation sites (N-methyl/N-ethyl adjacent to an activating group) is 1. The van der Waals surface area contributed by atoms with Crippen LogP contribution >= 0.6 is 0 Å². The molecule has 1 aliphatic carbocycles. The second kappa shape index (κ2) is 8.26. The van der Waals surface area contributed by atoms with Crippen LogP contribution in [-0.2, 0) is 16.1 Å². The molecule has 1 N–H and O–H groups in total. The van der Waals surface area contributed by atoms with Crippen LogP contribution in [0.15, 0.2) is 18.2 Å². The molecule has 3 amide bonds. The van der Waals surface area contributed by atoms with E-state index < -0.39 is 6.04 Å². The fourth-order valence-corrected chi connectivity index (χ4v) is 6.02. The molecule has 3 aliphatic heterocycles. The van der Waals surface area contributed by atoms with Gasteiger partial charge in [-0.15, -0.1) is 0 Å². The third-order valence-electron chi connectivity index (χ3n) is 7.72. The van der Waals surface area contributed by atoms with Crippen LogP contribution in [0.25, 0.3) is 0 Å². The van der Waals surface area contributed by atoms with Gasteiger partial charge in [-0.1, -0.05) is 6.42 Å². The molecule has 3 fully saturated rings. The predicted octanol–water partition coefficient (Wildman–Crippen LogP) is 2.29. The van der Waals surface area contributed by atoms with Crippen molar-refractivity contribution < 1.29 is 14.4 Å². The van der Waals surface area contributed by atoms with E-state index in [2.05, 4.69) is 34.3 Å². The first-order valence-electron chi connectivity index (χ1n) is 11.8. The smallest absolute Gasteiger partial charge is 0.255 e. The molecule has 1 unspecified atom stereocenters. The minimum atomic E-state index is -0.558. The molecule has 3 heterocycles. The number of likely N-dealkylation sites (tertiary alicyclic amines) is 1. The van der Waals surface area contributed by atoms with Gasteiger partial charge in [0.05, 0.1) is 0 Å². The molecular weight excluding hydrogens is 392 g/mol. The SMILES string of the molecule is CN(c1ccc2c(c1)CN(C1CCC(=O)NC1=O)C2=O)[C@@H]1CCC[C@H]1N1CCCCC1. The quantitative estimate of drug-likeness (QED) is 0.751. The number of carbonyl (C=O) groups excluding carboxylic acids is 3. The first-order valence-corrected chi connectivity index (χ1v) is 11.8. The summed E-state index contributed by atoms with van der Waals surface area (Å²) in [5.74, 6) is -0.718. The number of benzene rings is 1. The molecule has 3 atom stereocenters. The summed E-state index contributed by atoms with van der Waals surface area (Å²) in [6.45, 7) is 2.87. The van der Waals surface area contributed by atoms with Gasteiger partial charge in [-0.25, -0.2) is 0 Å². The van der Waals surface area contributed by atoms with Crippen molar-refractivity contribution in [2.45, 2.75) is 76.0 Å². The lowest BCUT2D eigenvalue weighted by Crippen LogP contribution is -2.52. The molecule has 0 aromatic heterocycles. The van der Waals surface area contributed by atoms with Crippen LogP contribution in [-0.4, -0.2) is 65.8 Å². The molecule has 5 rings (SSSR count). The lowest BCUT2D eigenvalue weighted by Gasteiger charge is -2.40. The minimum Gasteiger partial charge on any atom is -0.370 e. The lowest BCUT2D eigenvalue weighted by atomic mass is 10.0. The maximum absolute atomic E-state index is 13.0. The molecule has 2 saturated heterocycles. The summed E-state index contributed by atoms with van der Waals surface area (Å²) in [5, 5.41) is 2.37. The Kier molecular flexibility index (Phi) is 5.46. The molecular formula is C24H32N4O3. The molecule has 0 spiro atoms. The molecule has 31 heavy (non-hydrogen) atoms. The van der Waals surface area contributed by atoms with Gasteiger partial charge in [0.1, 0.15) is 6.04 Å². The summed E-state index contributed by atoms with van der Waals surface area (Å²) in [6, 6.07) is 6.65. The fraction of sp³-hybridized carbons (Fsp3) is 0.625. The van der Waals surface area contributed by atoms with Crippen molar-refractivity contribution in [2.24, 2.45) is 0 Å². The van der Waals surface area contributed by atoms with Crippen LogP contribution in [0.2, 0.25) is 0 Å². The van der Waals surface area contributed by atoms with E-state index in [1.165, 1.54) is 51.6 Å². The standard InChI is InChI=1S/C24H32N4O3/c1-26(19-6-5-7-20(19)27-12-3-2-4-13-27)17-8-9-18-16(14-17)15-28(24(18)31)21-10-11-22(29)25-23(21)30/h8-9,14,19-21H,2-7,10-13,15H2,1H3,(H,25,29,30)/t19-,20-,21?/m1/s1. The van der Waals surface area contributed by atoms with Gasteiger partial charge in [-0.05, 0) is 75.4 Å². The lowest BCUT2D eigenvalue weighted by molar-refractivity contribution is -0.136. The Balaban J connectivity index is 1.33. The van der Waals surface area contributed by atoms with Gasteiger partial charge in [0.25, 0.3) is 5.91 Å². The Morgan fingerprint density at radius 1 is 1.00 bits per heavy atom. The van der Waals surface area contributed by atoms with Gasteiger partial charge in [-0.2, -0.15) is 0 Å². The van der Waals surface area contributed by atoms with Crippen molar-refractivity contribution in [1.82, 2.24) is 15.1 Å². The maximum atomic E-state index is 13.0. The maximum Gasteiger partial charge on any atom is 0.255 e. The highest BCUT2D eigenvalue weighted by Gasteiger charge is 2.40. The Morgan fingerprint density at radius 3 is 2.58 bits per heavy atom. The number of rotatable bonds is 4. The first kappa shape index (κ1) is 20.5. The third-order valence-corrected chi connectivity index (χ3v) is 7.72. The number of imide groups is 1. The van der Waals surface area contributed by atoms with Gasteiger partial charge in [0.15, 0.2) is 0 Å². The second-order valence-corrected chi connectivity index (χ2v) is 9.51. The Hall–Kier alpha value is -2.41. The van der Waals surface area contributed by atoms with Gasteiger partial charge in [0, 0.05) is 43.3 Å². The number of piperidine rings is 2. The highest BCUT2D eigenvalue weighted by molar-refractivity contribution is 6.05. The van der Waals surface area contributed by atoms with E-state index in [4.69, 9.17) is 0 Å². The molecule has 0 radical (unpaired) electrons. The summed E-state index contributed by atoms with van der Waals surface area (Å²) in [7, 11) is 2.18. The van der Waals surface area contributed by atoms with E-state index in [1.54, 1.807) is 4.90 Å². The van der Waals surface area contributed by atoms with Crippen LogP contribution in [0.3, 0.4) is 0 Å². The number of nitrogens with one attached hydrogen (secondary N) is 1. The number of hydrogen-bond acceptors (Lipinski definition) is 5. The summed E-state index contributed by atoms with van der Waals surface area (Å²) in [4.78, 5) is 43.4. The van der Waals surface area contributed by atoms with Crippen molar-refractivity contribution in [2.75, 3.05) is 25.0 Å². The first-order chi connectivity index (χ1) is 15.0. The largest absolute Gasteiger partial charge is 0.370 e. The van der Waals surface area contributed by atoms with Gasteiger partial charge >= 0.3 is 0 Å². The molecule has 1 aromatic rings. The van der Waals surface area contributed by atoms with Gasteiger partial charge in [0.2, 0.25) is 11.8 Å². The molecule has 1 saturated carbocycles. The molecule has 1 aromatic carbocycles. The van der Waals surface area contributed by atoms with Crippen molar-refractivity contribution in [1.29, 1.82) is 0 Å². The van der Waals surface area contributed by atoms with Gasteiger partial charge in [-0.3, -0.25) is 24.6 Å². The summed E-state index contributed by atoms with van der Waals surface area (Å²) < 4.78 is 0. The molecule has 7 nitrogen and oxygen atoms in total. The number of carbonyl (C=O) groups is 3. The van der Waals surface area contributed by atoms with E-state index in [0.717, 1.165) is 11.3 Å². The molecule has 0 bridgehead atoms. The normalized spacial score (nSPS) is 29.3. The second-order valence-electron chi connectivity index (χ2n) is 9.51. The van der Waals surface area contributed by atoms with Crippen LogP contribution in [0.4, 0.5) is 5.69 Å². The molecule has 4 aliphatic rings. The van der Waals surface area contributed by atoms with Crippen LogP contribution < -0.4 is 10.2 Å². The summed E-state index contributed by atoms with van der Waals surface area (Å²) in [5.41, 5.74) is 2.80. The zero-order valence-corrected chi connectivity index (χ0v) is 18.3. The van der Waals surface area contributed by atoms with Crippen molar-refractivity contribution in [3.05, 3.63) is 29.3 Å². The third kappa shape index (κ3) is 3.73. The zero-order valence-electron chi connectivity index (χ0n) is 18.3. The average Bonchev–Trinajstić information content (AvgIpc) is 3.39. The van der Waals surface area contributed by atoms with E-state index in [-0.39, 0.29) is 24.1 Å². The average molecular weight is 425 g/mol. The molecule has 7 heteroatoms. The van der Waals surface area contributed by atoms with E-state index >= 15 is 0 Å². The number of fused-ring (bicyclic) bond motifs is 1. The number of amides is 3. The minimum absolute atomic E-state index is 0.106.